The van der Waals surface area contributed by atoms with Crippen molar-refractivity contribution in [2.75, 3.05) is 0 Å². The molecule has 0 radical (unpaired) electrons. The Kier molecular flexibility index (Phi) is 2.99. The number of aromatic nitrogens is 1. The van der Waals surface area contributed by atoms with Gasteiger partial charge in [-0.15, -0.1) is 0 Å². The Hall–Kier alpha value is -1.91. The number of pyridine rings is 1. The smallest absolute Gasteiger partial charge is 0.338 e. The van der Waals surface area contributed by atoms with Gasteiger partial charge in [0.25, 0.3) is 5.91 Å². The lowest BCUT2D eigenvalue weighted by Crippen LogP contribution is -2.60. The first-order valence-electron chi connectivity index (χ1n) is 8.05. The van der Waals surface area contributed by atoms with Crippen molar-refractivity contribution in [3.05, 3.63) is 29.6 Å². The fourth-order valence-electron chi connectivity index (χ4n) is 5.32. The first-order chi connectivity index (χ1) is 10.5. The van der Waals surface area contributed by atoms with E-state index in [-0.39, 0.29) is 22.7 Å². The Bertz CT molecular complexity index is 605. The molecule has 1 amide bonds. The molecule has 4 aliphatic rings. The van der Waals surface area contributed by atoms with Crippen LogP contribution in [-0.4, -0.2) is 27.5 Å². The van der Waals surface area contributed by atoms with Crippen LogP contribution in [0.2, 0.25) is 0 Å². The third-order valence-corrected chi connectivity index (χ3v) is 5.67. The second-order valence-corrected chi connectivity index (χ2v) is 7.36. The number of carboxylic acids is 1. The summed E-state index contributed by atoms with van der Waals surface area (Å²) < 4.78 is 0. The van der Waals surface area contributed by atoms with E-state index in [0.717, 1.165) is 37.0 Å². The van der Waals surface area contributed by atoms with E-state index in [9.17, 15) is 14.7 Å². The first-order valence-corrected chi connectivity index (χ1v) is 8.05. The van der Waals surface area contributed by atoms with Crippen molar-refractivity contribution in [1.82, 2.24) is 10.3 Å². The molecule has 0 atom stereocenters. The lowest BCUT2D eigenvalue weighted by molar-refractivity contribution is -0.0168. The zero-order chi connectivity index (χ0) is 15.3. The molecule has 0 aliphatic heterocycles. The molecule has 5 nitrogen and oxygen atoms in total. The standard InChI is InChI=1S/C17H20N2O3/c20-15(14-13(16(21)22)2-1-3-18-14)19-17-7-10-4-11(8-17)6-12(5-10)9-17/h1-3,10-12H,4-9H2,(H,19,20)(H,21,22). The van der Waals surface area contributed by atoms with Gasteiger partial charge in [0, 0.05) is 11.7 Å². The number of carbonyl (C=O) groups is 2. The van der Waals surface area contributed by atoms with E-state index in [2.05, 4.69) is 10.3 Å². The number of nitrogens with one attached hydrogen (secondary N) is 1. The van der Waals surface area contributed by atoms with E-state index in [4.69, 9.17) is 0 Å². The Balaban J connectivity index is 1.59. The van der Waals surface area contributed by atoms with Crippen LogP contribution in [0.5, 0.6) is 0 Å². The van der Waals surface area contributed by atoms with E-state index >= 15 is 0 Å². The molecule has 116 valence electrons. The molecule has 0 spiro atoms. The van der Waals surface area contributed by atoms with Gasteiger partial charge < -0.3 is 10.4 Å². The van der Waals surface area contributed by atoms with Crippen molar-refractivity contribution >= 4 is 11.9 Å². The Morgan fingerprint density at radius 3 is 2.27 bits per heavy atom. The van der Waals surface area contributed by atoms with Gasteiger partial charge >= 0.3 is 5.97 Å². The summed E-state index contributed by atoms with van der Waals surface area (Å²) in [5.74, 6) is 0.751. The minimum Gasteiger partial charge on any atom is -0.478 e. The SMILES string of the molecule is O=C(O)c1cccnc1C(=O)NC12CC3CC(CC(C3)C1)C2. The van der Waals surface area contributed by atoms with Gasteiger partial charge in [-0.2, -0.15) is 0 Å². The van der Waals surface area contributed by atoms with E-state index in [0.29, 0.717) is 0 Å². The fourth-order valence-corrected chi connectivity index (χ4v) is 5.32. The highest BCUT2D eigenvalue weighted by Crippen LogP contribution is 2.55. The Labute approximate surface area is 129 Å². The topological polar surface area (TPSA) is 79.3 Å². The van der Waals surface area contributed by atoms with Crippen molar-refractivity contribution in [3.63, 3.8) is 0 Å². The van der Waals surface area contributed by atoms with Gasteiger partial charge in [-0.05, 0) is 68.4 Å². The van der Waals surface area contributed by atoms with Gasteiger partial charge in [0.2, 0.25) is 0 Å². The van der Waals surface area contributed by atoms with Gasteiger partial charge in [0.15, 0.2) is 0 Å². The third-order valence-electron chi connectivity index (χ3n) is 5.67. The summed E-state index contributed by atoms with van der Waals surface area (Å²) in [7, 11) is 0. The summed E-state index contributed by atoms with van der Waals surface area (Å²) in [6.45, 7) is 0. The van der Waals surface area contributed by atoms with Crippen molar-refractivity contribution in [1.29, 1.82) is 0 Å². The summed E-state index contributed by atoms with van der Waals surface area (Å²) >= 11 is 0. The van der Waals surface area contributed by atoms with Crippen LogP contribution in [0.3, 0.4) is 0 Å². The van der Waals surface area contributed by atoms with E-state index in [1.807, 2.05) is 0 Å². The van der Waals surface area contributed by atoms with Crippen molar-refractivity contribution < 1.29 is 14.7 Å². The molecule has 5 heteroatoms. The van der Waals surface area contributed by atoms with Crippen LogP contribution in [0.25, 0.3) is 0 Å². The zero-order valence-electron chi connectivity index (χ0n) is 12.4. The number of hydrogen-bond acceptors (Lipinski definition) is 3. The summed E-state index contributed by atoms with van der Waals surface area (Å²) in [5.41, 5.74) is -0.116. The van der Waals surface area contributed by atoms with Gasteiger partial charge in [-0.1, -0.05) is 0 Å². The molecule has 1 aromatic rings. The second-order valence-electron chi connectivity index (χ2n) is 7.36. The summed E-state index contributed by atoms with van der Waals surface area (Å²) in [6.07, 6.45) is 8.51. The van der Waals surface area contributed by atoms with Gasteiger partial charge in [-0.25, -0.2) is 4.79 Å². The van der Waals surface area contributed by atoms with Crippen LogP contribution in [0.15, 0.2) is 18.3 Å². The molecular weight excluding hydrogens is 280 g/mol. The maximum Gasteiger partial charge on any atom is 0.338 e. The highest BCUT2D eigenvalue weighted by molar-refractivity contribution is 6.03. The largest absolute Gasteiger partial charge is 0.478 e. The highest BCUT2D eigenvalue weighted by Gasteiger charge is 2.51. The van der Waals surface area contributed by atoms with Crippen molar-refractivity contribution in [2.45, 2.75) is 44.1 Å². The molecule has 4 bridgehead atoms. The normalized spacial score (nSPS) is 35.4. The van der Waals surface area contributed by atoms with Crippen LogP contribution in [0.1, 0.15) is 59.4 Å². The Morgan fingerprint density at radius 2 is 1.73 bits per heavy atom. The lowest BCUT2D eigenvalue weighted by atomic mass is 9.53. The average Bonchev–Trinajstić information content (AvgIpc) is 2.45. The second kappa shape index (κ2) is 4.80. The van der Waals surface area contributed by atoms with Gasteiger partial charge in [-0.3, -0.25) is 9.78 Å². The number of rotatable bonds is 3. The molecule has 4 aliphatic carbocycles. The molecule has 22 heavy (non-hydrogen) atoms. The monoisotopic (exact) mass is 300 g/mol. The van der Waals surface area contributed by atoms with Crippen LogP contribution < -0.4 is 5.32 Å². The molecule has 0 saturated heterocycles. The van der Waals surface area contributed by atoms with E-state index < -0.39 is 5.97 Å². The number of aromatic carboxylic acids is 1. The van der Waals surface area contributed by atoms with Gasteiger partial charge in [0.05, 0.1) is 5.56 Å². The molecule has 1 aromatic heterocycles. The average molecular weight is 300 g/mol. The molecule has 2 N–H and O–H groups in total. The molecule has 1 heterocycles. The van der Waals surface area contributed by atoms with Crippen LogP contribution in [0, 0.1) is 17.8 Å². The van der Waals surface area contributed by atoms with Crippen molar-refractivity contribution in [2.24, 2.45) is 17.8 Å². The fraction of sp³-hybridized carbons (Fsp3) is 0.588. The van der Waals surface area contributed by atoms with Crippen LogP contribution in [-0.2, 0) is 0 Å². The quantitative estimate of drug-likeness (QED) is 0.898. The molecule has 0 unspecified atom stereocenters. The zero-order valence-corrected chi connectivity index (χ0v) is 12.4. The van der Waals surface area contributed by atoms with E-state index in [1.165, 1.54) is 31.5 Å². The molecule has 4 fully saturated rings. The van der Waals surface area contributed by atoms with Crippen LogP contribution in [0.4, 0.5) is 0 Å². The Morgan fingerprint density at radius 1 is 1.14 bits per heavy atom. The third kappa shape index (κ3) is 2.19. The summed E-state index contributed by atoms with van der Waals surface area (Å²) in [4.78, 5) is 27.9. The number of carboxylic acid groups (broad SMARTS) is 1. The van der Waals surface area contributed by atoms with E-state index in [1.54, 1.807) is 6.07 Å². The molecular formula is C17H20N2O3. The number of amides is 1. The number of hydrogen-bond donors (Lipinski definition) is 2. The molecule has 0 aromatic carbocycles. The first kappa shape index (κ1) is 13.7. The minimum absolute atomic E-state index is 0.0234. The maximum absolute atomic E-state index is 12.6. The predicted molar refractivity (Wildman–Crippen MR) is 79.6 cm³/mol. The minimum atomic E-state index is -1.11. The van der Waals surface area contributed by atoms with Crippen molar-refractivity contribution in [3.8, 4) is 0 Å². The highest BCUT2D eigenvalue weighted by atomic mass is 16.4. The molecule has 5 rings (SSSR count). The predicted octanol–water partition coefficient (Wildman–Crippen LogP) is 2.48. The molecule has 4 saturated carbocycles. The number of nitrogens with zero attached hydrogens (tertiary/aromatic N) is 1. The van der Waals surface area contributed by atoms with Crippen LogP contribution >= 0.6 is 0 Å². The number of carbonyl (C=O) groups excluding carboxylic acids is 1. The maximum atomic E-state index is 12.6. The summed E-state index contributed by atoms with van der Waals surface area (Å²) in [6, 6.07) is 2.98. The summed E-state index contributed by atoms with van der Waals surface area (Å²) in [5, 5.41) is 12.4. The lowest BCUT2D eigenvalue weighted by Gasteiger charge is -2.56. The van der Waals surface area contributed by atoms with Gasteiger partial charge in [0.1, 0.15) is 5.69 Å².